The molecule has 0 amide bonds. The molecule has 0 atom stereocenters. The van der Waals surface area contributed by atoms with Gasteiger partial charge in [0.05, 0.1) is 18.3 Å². The Balaban J connectivity index is 2.10. The van der Waals surface area contributed by atoms with Gasteiger partial charge in [-0.1, -0.05) is 35.0 Å². The molecule has 0 unspecified atom stereocenters. The van der Waals surface area contributed by atoms with Crippen LogP contribution in [0.2, 0.25) is 0 Å². The second-order valence-corrected chi connectivity index (χ2v) is 8.67. The van der Waals surface area contributed by atoms with Crippen molar-refractivity contribution < 1.29 is 30.2 Å². The topological polar surface area (TPSA) is 128 Å². The maximum Gasteiger partial charge on any atom is 0.316 e. The lowest BCUT2D eigenvalue weighted by Gasteiger charge is -2.15. The van der Waals surface area contributed by atoms with Crippen molar-refractivity contribution in [2.75, 3.05) is 24.3 Å². The Hall–Kier alpha value is -2.35. The molecule has 0 saturated heterocycles. The van der Waals surface area contributed by atoms with Crippen molar-refractivity contribution in [2.45, 2.75) is 13.3 Å². The first-order chi connectivity index (χ1) is 18.8. The highest BCUT2D eigenvalue weighted by Gasteiger charge is 2.19. The van der Waals surface area contributed by atoms with E-state index in [1.165, 1.54) is 19.1 Å². The first-order valence-corrected chi connectivity index (χ1v) is 11.7. The molecule has 3 aromatic rings. The van der Waals surface area contributed by atoms with E-state index in [9.17, 15) is 8.42 Å². The average molecular weight is 597 g/mol. The minimum atomic E-state index is -4.66. The van der Waals surface area contributed by atoms with E-state index in [1.54, 1.807) is 16.9 Å². The minimum Gasteiger partial charge on any atom is -0.473 e. The second-order valence-electron chi connectivity index (χ2n) is 5.55. The summed E-state index contributed by atoms with van der Waals surface area (Å²) < 4.78 is 112. The van der Waals surface area contributed by atoms with Crippen molar-refractivity contribution in [3.8, 4) is 23.0 Å². The predicted molar refractivity (Wildman–Crippen MR) is 127 cm³/mol. The molecule has 2 heterocycles. The van der Waals surface area contributed by atoms with Gasteiger partial charge in [0.25, 0.3) is 10.2 Å². The molecular formula is C19H20Br2N6O4S. The Kier molecular flexibility index (Phi) is 5.29. The largest absolute Gasteiger partial charge is 0.473 e. The van der Waals surface area contributed by atoms with Crippen LogP contribution >= 0.6 is 31.9 Å². The highest BCUT2D eigenvalue weighted by Crippen LogP contribution is 2.34. The summed E-state index contributed by atoms with van der Waals surface area (Å²) >= 11 is 6.16. The van der Waals surface area contributed by atoms with Gasteiger partial charge in [0.1, 0.15) is 20.8 Å². The number of aromatic nitrogens is 4. The van der Waals surface area contributed by atoms with Gasteiger partial charge in [-0.3, -0.25) is 4.72 Å². The van der Waals surface area contributed by atoms with E-state index in [0.29, 0.717) is 4.47 Å². The number of benzene rings is 1. The third kappa shape index (κ3) is 7.08. The first-order valence-electron chi connectivity index (χ1n) is 13.1. The number of hydrogen-bond acceptors (Lipinski definition) is 8. The molecule has 2 N–H and O–H groups in total. The fourth-order valence-corrected chi connectivity index (χ4v) is 3.33. The second kappa shape index (κ2) is 11.5. The molecule has 32 heavy (non-hydrogen) atoms. The molecule has 13 heteroatoms. The van der Waals surface area contributed by atoms with E-state index in [0.717, 1.165) is 0 Å². The number of rotatable bonds is 11. The lowest BCUT2D eigenvalue weighted by Crippen LogP contribution is -2.31. The molecule has 0 aliphatic carbocycles. The zero-order chi connectivity index (χ0) is 31.0. The summed E-state index contributed by atoms with van der Waals surface area (Å²) in [5, 5.41) is 0. The fraction of sp³-hybridized carbons (Fsp3) is 0.263. The van der Waals surface area contributed by atoms with E-state index in [4.69, 9.17) is 21.8 Å². The number of nitrogens with zero attached hydrogens (tertiary/aromatic N) is 4. The Bertz CT molecular complexity index is 1530. The van der Waals surface area contributed by atoms with Gasteiger partial charge in [-0.2, -0.15) is 13.1 Å². The first kappa shape index (κ1) is 14.7. The van der Waals surface area contributed by atoms with Gasteiger partial charge in [-0.05, 0) is 40.0 Å². The lowest BCUT2D eigenvalue weighted by atomic mass is 10.1. The van der Waals surface area contributed by atoms with Crippen LogP contribution in [-0.4, -0.2) is 48.0 Å². The Morgan fingerprint density at radius 2 is 1.72 bits per heavy atom. The zero-order valence-corrected chi connectivity index (χ0v) is 20.1. The highest BCUT2D eigenvalue weighted by atomic mass is 79.9. The van der Waals surface area contributed by atoms with Crippen LogP contribution in [0.25, 0.3) is 11.1 Å². The Morgan fingerprint density at radius 3 is 2.41 bits per heavy atom. The zero-order valence-electron chi connectivity index (χ0n) is 25.1. The van der Waals surface area contributed by atoms with Crippen molar-refractivity contribution in [3.63, 3.8) is 0 Å². The van der Waals surface area contributed by atoms with E-state index >= 15 is 0 Å². The Labute approximate surface area is 215 Å². The van der Waals surface area contributed by atoms with Crippen LogP contribution in [0.1, 0.15) is 25.7 Å². The highest BCUT2D eigenvalue weighted by molar-refractivity contribution is 9.10. The Morgan fingerprint density at radius 1 is 1.03 bits per heavy atom. The van der Waals surface area contributed by atoms with E-state index < -0.39 is 66.2 Å². The number of anilines is 1. The van der Waals surface area contributed by atoms with E-state index in [-0.39, 0.29) is 22.0 Å². The van der Waals surface area contributed by atoms with Crippen LogP contribution in [0, 0.1) is 0 Å². The van der Waals surface area contributed by atoms with Crippen LogP contribution < -0.4 is 18.9 Å². The average Bonchev–Trinajstić information content (AvgIpc) is 2.81. The summed E-state index contributed by atoms with van der Waals surface area (Å²) in [4.78, 5) is 14.6. The summed E-state index contributed by atoms with van der Waals surface area (Å²) in [6.45, 7) is -7.78. The minimum absolute atomic E-state index is 0.107. The maximum absolute atomic E-state index is 12.7. The quantitative estimate of drug-likeness (QED) is 0.344. The van der Waals surface area contributed by atoms with Crippen molar-refractivity contribution in [3.05, 3.63) is 51.9 Å². The van der Waals surface area contributed by atoms with Crippen molar-refractivity contribution in [2.24, 2.45) is 0 Å². The summed E-state index contributed by atoms with van der Waals surface area (Å²) in [5.41, 5.74) is -0.178. The van der Waals surface area contributed by atoms with Crippen LogP contribution in [0.4, 0.5) is 5.82 Å². The molecule has 2 aromatic heterocycles. The third-order valence-electron chi connectivity index (χ3n) is 3.34. The molecule has 10 nitrogen and oxygen atoms in total. The molecular weight excluding hydrogens is 568 g/mol. The summed E-state index contributed by atoms with van der Waals surface area (Å²) in [6.07, 6.45) is -2.14. The molecule has 0 aliphatic heterocycles. The normalized spacial score (nSPS) is 16.7. The number of halogens is 2. The molecule has 3 rings (SSSR count). The van der Waals surface area contributed by atoms with Crippen molar-refractivity contribution in [1.82, 2.24) is 24.7 Å². The van der Waals surface area contributed by atoms with Gasteiger partial charge < -0.3 is 9.47 Å². The summed E-state index contributed by atoms with van der Waals surface area (Å²) in [7, 11) is -4.66. The maximum atomic E-state index is 12.7. The standard InChI is InChI=1S/C19H20Br2N6O4S/c1-2-7-26-32(28,29)27-17-16(13-3-5-14(20)6-4-13)18(25-12-24-17)30-8-9-31-19-22-10-15(21)11-23-19/h3-6,10-12,26H,2,7-9H2,1H3,(H,24,25,27)/i7D2,8D2,9D2,10D,11D,12D. The monoisotopic (exact) mass is 595 g/mol. The van der Waals surface area contributed by atoms with Crippen LogP contribution in [0.3, 0.4) is 0 Å². The fourth-order valence-electron chi connectivity index (χ4n) is 2.10. The van der Waals surface area contributed by atoms with E-state index in [1.807, 2.05) is 4.72 Å². The lowest BCUT2D eigenvalue weighted by molar-refractivity contribution is 0.202. The molecule has 0 fully saturated rings. The van der Waals surface area contributed by atoms with Gasteiger partial charge in [-0.25, -0.2) is 19.9 Å². The summed E-state index contributed by atoms with van der Waals surface area (Å²) in [5.74, 6) is -1.38. The van der Waals surface area contributed by atoms with Gasteiger partial charge in [-0.15, -0.1) is 0 Å². The molecule has 0 aliphatic rings. The molecule has 0 saturated carbocycles. The van der Waals surface area contributed by atoms with Gasteiger partial charge in [0, 0.05) is 26.1 Å². The van der Waals surface area contributed by atoms with Crippen molar-refractivity contribution in [1.29, 1.82) is 0 Å². The van der Waals surface area contributed by atoms with Gasteiger partial charge in [0.15, 0.2) is 5.82 Å². The van der Waals surface area contributed by atoms with E-state index in [2.05, 4.69) is 51.8 Å². The number of ether oxygens (including phenoxy) is 2. The molecule has 0 spiro atoms. The van der Waals surface area contributed by atoms with Gasteiger partial charge >= 0.3 is 6.01 Å². The smallest absolute Gasteiger partial charge is 0.316 e. The summed E-state index contributed by atoms with van der Waals surface area (Å²) in [6, 6.07) is 5.12. The molecule has 170 valence electrons. The molecule has 1 aromatic carbocycles. The number of hydrogen-bond donors (Lipinski definition) is 2. The van der Waals surface area contributed by atoms with Crippen molar-refractivity contribution >= 4 is 47.9 Å². The third-order valence-corrected chi connectivity index (χ3v) is 5.10. The van der Waals surface area contributed by atoms with Gasteiger partial charge in [0.2, 0.25) is 5.88 Å². The van der Waals surface area contributed by atoms with Crippen LogP contribution in [-0.2, 0) is 10.2 Å². The predicted octanol–water partition coefficient (Wildman–Crippen LogP) is 3.57. The van der Waals surface area contributed by atoms with Crippen LogP contribution in [0.5, 0.6) is 11.9 Å². The molecule has 0 bridgehead atoms. The SMILES string of the molecule is [2H]c1nc(NS(=O)(=O)NC([2H])([2H])CC)c(-c2ccc(Br)cc2)c(OC([2H])([2H])C([2H])([2H])Oc2nc([2H])c(Br)c([2H])n2)n1. The van der Waals surface area contributed by atoms with Crippen LogP contribution in [0.15, 0.2) is 51.9 Å². The number of nitrogens with one attached hydrogen (secondary N) is 2. The molecule has 0 radical (unpaired) electrons.